The summed E-state index contributed by atoms with van der Waals surface area (Å²) in [5.41, 5.74) is 0.462. The number of methoxy groups -OCH3 is 2. The van der Waals surface area contributed by atoms with Crippen LogP contribution in [0.25, 0.3) is 0 Å². The molecule has 0 unspecified atom stereocenters. The number of amides is 1. The molecule has 26 heavy (non-hydrogen) atoms. The molecule has 1 aliphatic carbocycles. The first-order valence-electron chi connectivity index (χ1n) is 8.93. The number of rotatable bonds is 7. The first-order chi connectivity index (χ1) is 12.7. The third kappa shape index (κ3) is 3.36. The number of pyridine rings is 1. The Morgan fingerprint density at radius 1 is 1.19 bits per heavy atom. The van der Waals surface area contributed by atoms with Crippen LogP contribution in [0.5, 0.6) is 11.8 Å². The third-order valence-corrected chi connectivity index (χ3v) is 5.03. The van der Waals surface area contributed by atoms with Crippen LogP contribution in [-0.2, 0) is 13.0 Å². The Hall–Kier alpha value is -2.64. The van der Waals surface area contributed by atoms with Crippen LogP contribution in [0.15, 0.2) is 18.5 Å². The van der Waals surface area contributed by atoms with Crippen molar-refractivity contribution in [2.75, 3.05) is 27.3 Å². The van der Waals surface area contributed by atoms with Gasteiger partial charge in [0.1, 0.15) is 17.7 Å². The van der Waals surface area contributed by atoms with E-state index in [0.717, 1.165) is 24.7 Å². The van der Waals surface area contributed by atoms with Crippen LogP contribution in [0.2, 0.25) is 0 Å². The molecule has 1 aliphatic heterocycles. The lowest BCUT2D eigenvalue weighted by atomic mass is 9.95. The summed E-state index contributed by atoms with van der Waals surface area (Å²) in [6, 6.07) is 3.37. The number of nitrogens with zero attached hydrogens (tertiary/aromatic N) is 5. The smallest absolute Gasteiger partial charge is 0.259 e. The highest BCUT2D eigenvalue weighted by atomic mass is 16.5. The van der Waals surface area contributed by atoms with E-state index in [1.54, 1.807) is 12.1 Å². The molecule has 1 saturated heterocycles. The van der Waals surface area contributed by atoms with Crippen LogP contribution in [-0.4, -0.2) is 57.9 Å². The van der Waals surface area contributed by atoms with Crippen molar-refractivity contribution in [2.24, 2.45) is 11.8 Å². The van der Waals surface area contributed by atoms with E-state index in [-0.39, 0.29) is 5.91 Å². The number of carbonyl (C=O) groups is 1. The van der Waals surface area contributed by atoms with Gasteiger partial charge >= 0.3 is 0 Å². The number of aromatic nitrogens is 4. The molecule has 138 valence electrons. The van der Waals surface area contributed by atoms with Gasteiger partial charge in [-0.3, -0.25) is 4.79 Å². The molecular formula is C18H23N5O3. The van der Waals surface area contributed by atoms with Gasteiger partial charge in [0.2, 0.25) is 11.8 Å². The van der Waals surface area contributed by atoms with E-state index in [4.69, 9.17) is 9.47 Å². The first-order valence-corrected chi connectivity index (χ1v) is 8.93. The van der Waals surface area contributed by atoms with E-state index in [1.807, 2.05) is 11.2 Å². The lowest BCUT2D eigenvalue weighted by Crippen LogP contribution is -2.51. The minimum absolute atomic E-state index is 0.0623. The SMILES string of the molecule is COc1ccc(C(=O)N2CC(Cc3nncn3CC3CC3)C2)c(OC)n1. The molecule has 0 N–H and O–H groups in total. The molecule has 2 fully saturated rings. The summed E-state index contributed by atoms with van der Waals surface area (Å²) in [6.07, 6.45) is 5.29. The van der Waals surface area contributed by atoms with Crippen LogP contribution in [0.4, 0.5) is 0 Å². The van der Waals surface area contributed by atoms with Gasteiger partial charge in [-0.1, -0.05) is 0 Å². The molecule has 3 heterocycles. The molecule has 0 radical (unpaired) electrons. The standard InChI is InChI=1S/C18H23N5O3/c1-25-16-6-5-14(17(20-16)26-2)18(24)22-9-13(10-22)7-15-21-19-11-23(15)8-12-3-4-12/h5-6,11-13H,3-4,7-10H2,1-2H3. The van der Waals surface area contributed by atoms with Gasteiger partial charge in [-0.05, 0) is 24.8 Å². The Morgan fingerprint density at radius 3 is 2.69 bits per heavy atom. The Balaban J connectivity index is 1.36. The summed E-state index contributed by atoms with van der Waals surface area (Å²) < 4.78 is 12.5. The number of carbonyl (C=O) groups excluding carboxylic acids is 1. The van der Waals surface area contributed by atoms with Crippen molar-refractivity contribution in [3.8, 4) is 11.8 Å². The molecule has 8 nitrogen and oxygen atoms in total. The molecule has 2 aliphatic rings. The highest BCUT2D eigenvalue weighted by Crippen LogP contribution is 2.31. The second-order valence-electron chi connectivity index (χ2n) is 7.03. The lowest BCUT2D eigenvalue weighted by Gasteiger charge is -2.39. The molecule has 0 bridgehead atoms. The largest absolute Gasteiger partial charge is 0.481 e. The minimum atomic E-state index is -0.0623. The van der Waals surface area contributed by atoms with Crippen molar-refractivity contribution in [1.29, 1.82) is 0 Å². The maximum absolute atomic E-state index is 12.7. The predicted octanol–water partition coefficient (Wildman–Crippen LogP) is 1.41. The molecule has 0 spiro atoms. The van der Waals surface area contributed by atoms with Gasteiger partial charge in [-0.25, -0.2) is 0 Å². The molecule has 2 aromatic rings. The summed E-state index contributed by atoms with van der Waals surface area (Å²) in [7, 11) is 3.04. The van der Waals surface area contributed by atoms with Gasteiger partial charge in [0.05, 0.1) is 14.2 Å². The molecule has 4 rings (SSSR count). The van der Waals surface area contributed by atoms with Gasteiger partial charge in [0.15, 0.2) is 0 Å². The minimum Gasteiger partial charge on any atom is -0.481 e. The van der Waals surface area contributed by atoms with Crippen molar-refractivity contribution in [3.05, 3.63) is 29.8 Å². The van der Waals surface area contributed by atoms with E-state index in [2.05, 4.69) is 19.7 Å². The fourth-order valence-corrected chi connectivity index (χ4v) is 3.32. The van der Waals surface area contributed by atoms with Crippen molar-refractivity contribution in [2.45, 2.75) is 25.8 Å². The zero-order valence-corrected chi connectivity index (χ0v) is 15.1. The van der Waals surface area contributed by atoms with E-state index in [9.17, 15) is 4.79 Å². The van der Waals surface area contributed by atoms with Gasteiger partial charge < -0.3 is 18.9 Å². The molecule has 1 saturated carbocycles. The van der Waals surface area contributed by atoms with Crippen molar-refractivity contribution in [3.63, 3.8) is 0 Å². The molecule has 0 aromatic carbocycles. The van der Waals surface area contributed by atoms with Crippen LogP contribution in [0, 0.1) is 11.8 Å². The number of likely N-dealkylation sites (tertiary alicyclic amines) is 1. The average molecular weight is 357 g/mol. The molecular weight excluding hydrogens is 334 g/mol. The maximum atomic E-state index is 12.7. The van der Waals surface area contributed by atoms with E-state index < -0.39 is 0 Å². The summed E-state index contributed by atoms with van der Waals surface area (Å²) in [4.78, 5) is 18.7. The fourth-order valence-electron chi connectivity index (χ4n) is 3.32. The quantitative estimate of drug-likeness (QED) is 0.745. The second-order valence-corrected chi connectivity index (χ2v) is 7.03. The lowest BCUT2D eigenvalue weighted by molar-refractivity contribution is 0.0492. The second kappa shape index (κ2) is 6.93. The van der Waals surface area contributed by atoms with Gasteiger partial charge in [0, 0.05) is 38.0 Å². The Labute approximate surface area is 152 Å². The van der Waals surface area contributed by atoms with E-state index in [0.29, 0.717) is 36.3 Å². The number of ether oxygens (including phenoxy) is 2. The van der Waals surface area contributed by atoms with E-state index in [1.165, 1.54) is 27.1 Å². The maximum Gasteiger partial charge on any atom is 0.259 e. The highest BCUT2D eigenvalue weighted by Gasteiger charge is 2.34. The van der Waals surface area contributed by atoms with Crippen molar-refractivity contribution >= 4 is 5.91 Å². The fraction of sp³-hybridized carbons (Fsp3) is 0.556. The van der Waals surface area contributed by atoms with Crippen LogP contribution < -0.4 is 9.47 Å². The summed E-state index contributed by atoms with van der Waals surface area (Å²) in [5, 5.41) is 8.31. The van der Waals surface area contributed by atoms with Crippen molar-refractivity contribution in [1.82, 2.24) is 24.6 Å². The van der Waals surface area contributed by atoms with Crippen molar-refractivity contribution < 1.29 is 14.3 Å². The Morgan fingerprint density at radius 2 is 2.00 bits per heavy atom. The average Bonchev–Trinajstić information content (AvgIpc) is 3.34. The Bertz CT molecular complexity index is 796. The van der Waals surface area contributed by atoms with Crippen LogP contribution in [0.3, 0.4) is 0 Å². The zero-order chi connectivity index (χ0) is 18.1. The normalized spacial score (nSPS) is 17.1. The Kier molecular flexibility index (Phi) is 4.48. The first kappa shape index (κ1) is 16.8. The molecule has 2 aromatic heterocycles. The highest BCUT2D eigenvalue weighted by molar-refractivity contribution is 5.97. The predicted molar refractivity (Wildman–Crippen MR) is 93.2 cm³/mol. The van der Waals surface area contributed by atoms with Gasteiger partial charge in [-0.15, -0.1) is 10.2 Å². The molecule has 8 heteroatoms. The summed E-state index contributed by atoms with van der Waals surface area (Å²) in [6.45, 7) is 2.45. The van der Waals surface area contributed by atoms with Crippen LogP contribution >= 0.6 is 0 Å². The summed E-state index contributed by atoms with van der Waals surface area (Å²) >= 11 is 0. The van der Waals surface area contributed by atoms with Gasteiger partial charge in [0.25, 0.3) is 5.91 Å². The van der Waals surface area contributed by atoms with Crippen LogP contribution in [0.1, 0.15) is 29.0 Å². The monoisotopic (exact) mass is 357 g/mol. The number of hydrogen-bond donors (Lipinski definition) is 0. The van der Waals surface area contributed by atoms with E-state index >= 15 is 0 Å². The zero-order valence-electron chi connectivity index (χ0n) is 15.1. The molecule has 0 atom stereocenters. The molecule has 1 amide bonds. The van der Waals surface area contributed by atoms with Gasteiger partial charge in [-0.2, -0.15) is 4.98 Å². The topological polar surface area (TPSA) is 82.4 Å². The number of hydrogen-bond acceptors (Lipinski definition) is 6. The summed E-state index contributed by atoms with van der Waals surface area (Å²) in [5.74, 6) is 2.89. The third-order valence-electron chi connectivity index (χ3n) is 5.03.